The molecule has 0 radical (unpaired) electrons. The van der Waals surface area contributed by atoms with Gasteiger partial charge in [-0.2, -0.15) is 18.2 Å². The van der Waals surface area contributed by atoms with Crippen LogP contribution in [0, 0.1) is 5.82 Å². The molecule has 0 fully saturated rings. The van der Waals surface area contributed by atoms with Crippen LogP contribution in [-0.4, -0.2) is 6.08 Å². The minimum atomic E-state index is -4.78. The molecule has 1 aromatic rings. The van der Waals surface area contributed by atoms with Crippen molar-refractivity contribution in [3.8, 4) is 0 Å². The molecule has 0 N–H and O–H groups in total. The third-order valence-corrected chi connectivity index (χ3v) is 2.10. The summed E-state index contributed by atoms with van der Waals surface area (Å²) in [6.45, 7) is 0. The van der Waals surface area contributed by atoms with E-state index in [4.69, 9.17) is 0 Å². The van der Waals surface area contributed by atoms with Crippen LogP contribution in [-0.2, 0) is 11.0 Å². The molecule has 0 amide bonds. The molecule has 0 heterocycles. The van der Waals surface area contributed by atoms with E-state index >= 15 is 0 Å². The van der Waals surface area contributed by atoms with Crippen LogP contribution in [0.4, 0.5) is 23.2 Å². The number of hydrogen-bond donors (Lipinski definition) is 0. The summed E-state index contributed by atoms with van der Waals surface area (Å²) in [5, 5.41) is 0. The second-order valence-corrected chi connectivity index (χ2v) is 3.34. The molecule has 0 spiro atoms. The van der Waals surface area contributed by atoms with E-state index in [1.54, 1.807) is 0 Å². The summed E-state index contributed by atoms with van der Waals surface area (Å²) in [6, 6.07) is 1.05. The minimum Gasteiger partial charge on any atom is -0.211 e. The van der Waals surface area contributed by atoms with Crippen LogP contribution < -0.4 is 0 Å². The molecule has 0 bridgehead atoms. The Morgan fingerprint density at radius 2 is 1.93 bits per heavy atom. The molecular formula is C8H2BrF4NO. The number of isocyanates is 1. The third-order valence-electron chi connectivity index (χ3n) is 1.49. The highest BCUT2D eigenvalue weighted by Gasteiger charge is 2.35. The number of hydrogen-bond acceptors (Lipinski definition) is 2. The number of rotatable bonds is 1. The molecule has 2 nitrogen and oxygen atoms in total. The molecule has 0 saturated carbocycles. The van der Waals surface area contributed by atoms with Crippen molar-refractivity contribution in [3.05, 3.63) is 28.0 Å². The molecule has 0 atom stereocenters. The zero-order valence-corrected chi connectivity index (χ0v) is 8.49. The van der Waals surface area contributed by atoms with E-state index in [9.17, 15) is 22.4 Å². The topological polar surface area (TPSA) is 29.4 Å². The van der Waals surface area contributed by atoms with E-state index in [2.05, 4.69) is 20.9 Å². The summed E-state index contributed by atoms with van der Waals surface area (Å²) in [6.07, 6.45) is -3.80. The first-order valence-electron chi connectivity index (χ1n) is 3.50. The Morgan fingerprint density at radius 3 is 2.40 bits per heavy atom. The van der Waals surface area contributed by atoms with Gasteiger partial charge in [0.15, 0.2) is 0 Å². The van der Waals surface area contributed by atoms with Crippen LogP contribution in [0.5, 0.6) is 0 Å². The van der Waals surface area contributed by atoms with Crippen LogP contribution in [0.1, 0.15) is 5.56 Å². The monoisotopic (exact) mass is 283 g/mol. The van der Waals surface area contributed by atoms with Gasteiger partial charge in [-0.05, 0) is 28.1 Å². The van der Waals surface area contributed by atoms with Crippen molar-refractivity contribution in [2.45, 2.75) is 6.18 Å². The van der Waals surface area contributed by atoms with E-state index < -0.39 is 23.2 Å². The van der Waals surface area contributed by atoms with Crippen molar-refractivity contribution in [1.29, 1.82) is 0 Å². The first-order valence-corrected chi connectivity index (χ1v) is 4.29. The van der Waals surface area contributed by atoms with Gasteiger partial charge >= 0.3 is 6.18 Å². The van der Waals surface area contributed by atoms with Gasteiger partial charge in [0.25, 0.3) is 0 Å². The van der Waals surface area contributed by atoms with Gasteiger partial charge < -0.3 is 0 Å². The summed E-state index contributed by atoms with van der Waals surface area (Å²) in [5.74, 6) is -1.07. The molecule has 0 unspecified atom stereocenters. The standard InChI is InChI=1S/C8H2BrF4NO/c9-6-2-4(10)1-5(8(11,12)13)7(6)14-3-15/h1-2H. The molecule has 7 heteroatoms. The van der Waals surface area contributed by atoms with E-state index in [0.717, 1.165) is 12.1 Å². The zero-order chi connectivity index (χ0) is 11.6. The van der Waals surface area contributed by atoms with Gasteiger partial charge in [0, 0.05) is 4.47 Å². The number of carbonyl (C=O) groups excluding carboxylic acids is 1. The normalized spacial score (nSPS) is 11.0. The largest absolute Gasteiger partial charge is 0.418 e. The van der Waals surface area contributed by atoms with Gasteiger partial charge in [-0.3, -0.25) is 0 Å². The van der Waals surface area contributed by atoms with E-state index in [1.165, 1.54) is 0 Å². The van der Waals surface area contributed by atoms with Crippen molar-refractivity contribution in [2.24, 2.45) is 4.99 Å². The molecule has 0 aliphatic heterocycles. The Balaban J connectivity index is 3.54. The van der Waals surface area contributed by atoms with Crippen molar-refractivity contribution in [3.63, 3.8) is 0 Å². The maximum atomic E-state index is 12.7. The maximum absolute atomic E-state index is 12.7. The van der Waals surface area contributed by atoms with Gasteiger partial charge in [0.1, 0.15) is 11.5 Å². The summed E-state index contributed by atoms with van der Waals surface area (Å²) in [7, 11) is 0. The second-order valence-electron chi connectivity index (χ2n) is 2.48. The zero-order valence-electron chi connectivity index (χ0n) is 6.90. The Labute approximate surface area is 89.7 Å². The lowest BCUT2D eigenvalue weighted by atomic mass is 10.1. The highest BCUT2D eigenvalue weighted by molar-refractivity contribution is 9.10. The summed E-state index contributed by atoms with van der Waals surface area (Å²) < 4.78 is 49.5. The molecule has 80 valence electrons. The number of aliphatic imine (C=N–C) groups is 1. The number of nitrogens with zero attached hydrogens (tertiary/aromatic N) is 1. The summed E-state index contributed by atoms with van der Waals surface area (Å²) in [5.41, 5.74) is -2.00. The van der Waals surface area contributed by atoms with Gasteiger partial charge in [-0.1, -0.05) is 0 Å². The van der Waals surface area contributed by atoms with Crippen molar-refractivity contribution >= 4 is 27.7 Å². The summed E-state index contributed by atoms with van der Waals surface area (Å²) in [4.78, 5) is 12.8. The smallest absolute Gasteiger partial charge is 0.211 e. The molecule has 0 aliphatic rings. The summed E-state index contributed by atoms with van der Waals surface area (Å²) >= 11 is 2.68. The van der Waals surface area contributed by atoms with Crippen molar-refractivity contribution in [2.75, 3.05) is 0 Å². The van der Waals surface area contributed by atoms with Gasteiger partial charge in [0.05, 0.1) is 5.56 Å². The molecule has 0 aliphatic carbocycles. The highest BCUT2D eigenvalue weighted by atomic mass is 79.9. The lowest BCUT2D eigenvalue weighted by molar-refractivity contribution is -0.137. The highest BCUT2D eigenvalue weighted by Crippen LogP contribution is 2.40. The van der Waals surface area contributed by atoms with Gasteiger partial charge in [0.2, 0.25) is 6.08 Å². The first-order chi connectivity index (χ1) is 6.86. The number of alkyl halides is 3. The maximum Gasteiger partial charge on any atom is 0.418 e. The van der Waals surface area contributed by atoms with E-state index in [1.807, 2.05) is 0 Å². The van der Waals surface area contributed by atoms with Crippen LogP contribution in [0.25, 0.3) is 0 Å². The SMILES string of the molecule is O=C=Nc1c(Br)cc(F)cc1C(F)(F)F. The first kappa shape index (κ1) is 11.9. The van der Waals surface area contributed by atoms with Crippen molar-refractivity contribution < 1.29 is 22.4 Å². The second kappa shape index (κ2) is 4.12. The third kappa shape index (κ3) is 2.64. The molecule has 0 aromatic heterocycles. The fourth-order valence-corrected chi connectivity index (χ4v) is 1.46. The van der Waals surface area contributed by atoms with Crippen LogP contribution in [0.3, 0.4) is 0 Å². The number of halogens is 5. The lowest BCUT2D eigenvalue weighted by Crippen LogP contribution is -2.06. The molecule has 1 rings (SSSR count). The van der Waals surface area contributed by atoms with Crippen LogP contribution in [0.15, 0.2) is 21.6 Å². The Hall–Kier alpha value is -1.20. The Kier molecular flexibility index (Phi) is 3.26. The molecule has 0 saturated heterocycles. The fourth-order valence-electron chi connectivity index (χ4n) is 0.941. The van der Waals surface area contributed by atoms with Gasteiger partial charge in [-0.25, -0.2) is 9.18 Å². The van der Waals surface area contributed by atoms with Crippen LogP contribution in [0.2, 0.25) is 0 Å². The van der Waals surface area contributed by atoms with E-state index in [0.29, 0.717) is 0 Å². The molecule has 1 aromatic carbocycles. The van der Waals surface area contributed by atoms with E-state index in [-0.39, 0.29) is 10.5 Å². The van der Waals surface area contributed by atoms with Crippen LogP contribution >= 0.6 is 15.9 Å². The predicted molar refractivity (Wildman–Crippen MR) is 46.9 cm³/mol. The number of benzene rings is 1. The minimum absolute atomic E-state index is 0.252. The molecular weight excluding hydrogens is 282 g/mol. The molecule has 15 heavy (non-hydrogen) atoms. The van der Waals surface area contributed by atoms with Gasteiger partial charge in [-0.15, -0.1) is 0 Å². The average molecular weight is 284 g/mol. The average Bonchev–Trinajstić information content (AvgIpc) is 2.07. The Morgan fingerprint density at radius 1 is 1.33 bits per heavy atom. The predicted octanol–water partition coefficient (Wildman–Crippen LogP) is 3.57. The quantitative estimate of drug-likeness (QED) is 0.440. The fraction of sp³-hybridized carbons (Fsp3) is 0.125. The Bertz CT molecular complexity index is 437. The van der Waals surface area contributed by atoms with Crippen molar-refractivity contribution in [1.82, 2.24) is 0 Å². The lowest BCUT2D eigenvalue weighted by Gasteiger charge is -2.10.